The molecule has 4 nitrogen and oxygen atoms in total. The van der Waals surface area contributed by atoms with Crippen LogP contribution in [0.2, 0.25) is 0 Å². The Bertz CT molecular complexity index is 563. The van der Waals surface area contributed by atoms with Crippen LogP contribution in [0.3, 0.4) is 0 Å². The second-order valence-corrected chi connectivity index (χ2v) is 6.45. The molecule has 1 saturated heterocycles. The van der Waals surface area contributed by atoms with Crippen molar-refractivity contribution in [3.05, 3.63) is 29.8 Å². The standard InChI is InChI=1S/C18H23N3O/c1-20(18(22)15-3-2-4-15)16-9-11-21(12-10-16)17-7-5-14(13-19)6-8-17/h5-8,15-16H,2-4,9-12H2,1H3. The normalized spacial score (nSPS) is 19.4. The van der Waals surface area contributed by atoms with Gasteiger partial charge in [-0.2, -0.15) is 5.26 Å². The molecule has 2 aliphatic rings. The molecule has 1 saturated carbocycles. The lowest BCUT2D eigenvalue weighted by molar-refractivity contribution is -0.139. The van der Waals surface area contributed by atoms with Crippen molar-refractivity contribution in [2.45, 2.75) is 38.1 Å². The molecule has 116 valence electrons. The van der Waals surface area contributed by atoms with Crippen molar-refractivity contribution in [3.63, 3.8) is 0 Å². The fourth-order valence-electron chi connectivity index (χ4n) is 3.38. The monoisotopic (exact) mass is 297 g/mol. The van der Waals surface area contributed by atoms with Crippen LogP contribution < -0.4 is 4.90 Å². The predicted molar refractivity (Wildman–Crippen MR) is 86.5 cm³/mol. The fourth-order valence-corrected chi connectivity index (χ4v) is 3.38. The molecule has 2 fully saturated rings. The summed E-state index contributed by atoms with van der Waals surface area (Å²) in [7, 11) is 1.97. The summed E-state index contributed by atoms with van der Waals surface area (Å²) in [6.45, 7) is 1.94. The molecule has 1 aromatic carbocycles. The number of amides is 1. The molecule has 0 atom stereocenters. The van der Waals surface area contributed by atoms with E-state index in [2.05, 4.69) is 11.0 Å². The van der Waals surface area contributed by atoms with Gasteiger partial charge in [-0.3, -0.25) is 4.79 Å². The molecular formula is C18H23N3O. The molecule has 0 bridgehead atoms. The van der Waals surface area contributed by atoms with Gasteiger partial charge >= 0.3 is 0 Å². The lowest BCUT2D eigenvalue weighted by atomic mass is 9.84. The number of rotatable bonds is 3. The van der Waals surface area contributed by atoms with Crippen LogP contribution in [0.5, 0.6) is 0 Å². The average Bonchev–Trinajstić information content (AvgIpc) is 2.53. The minimum absolute atomic E-state index is 0.293. The van der Waals surface area contributed by atoms with Gasteiger partial charge in [0.1, 0.15) is 0 Å². The maximum absolute atomic E-state index is 12.3. The first-order valence-electron chi connectivity index (χ1n) is 8.21. The molecule has 0 unspecified atom stereocenters. The summed E-state index contributed by atoms with van der Waals surface area (Å²) in [5.74, 6) is 0.643. The zero-order chi connectivity index (χ0) is 15.5. The van der Waals surface area contributed by atoms with Gasteiger partial charge in [-0.05, 0) is 49.9 Å². The van der Waals surface area contributed by atoms with E-state index in [1.807, 2.05) is 36.2 Å². The Morgan fingerprint density at radius 2 is 1.82 bits per heavy atom. The van der Waals surface area contributed by atoms with Crippen molar-refractivity contribution in [2.75, 3.05) is 25.0 Å². The topological polar surface area (TPSA) is 47.3 Å². The second-order valence-electron chi connectivity index (χ2n) is 6.45. The number of carbonyl (C=O) groups is 1. The van der Waals surface area contributed by atoms with E-state index in [-0.39, 0.29) is 0 Å². The molecule has 0 aromatic heterocycles. The van der Waals surface area contributed by atoms with Crippen LogP contribution in [0.1, 0.15) is 37.7 Å². The molecule has 4 heteroatoms. The van der Waals surface area contributed by atoms with Gasteiger partial charge in [0.15, 0.2) is 0 Å². The van der Waals surface area contributed by atoms with Crippen molar-refractivity contribution < 1.29 is 4.79 Å². The van der Waals surface area contributed by atoms with Gasteiger partial charge in [0, 0.05) is 37.8 Å². The van der Waals surface area contributed by atoms with Crippen LogP contribution in [-0.2, 0) is 4.79 Å². The van der Waals surface area contributed by atoms with Crippen LogP contribution in [0.4, 0.5) is 5.69 Å². The number of carbonyl (C=O) groups excluding carboxylic acids is 1. The summed E-state index contributed by atoms with van der Waals surface area (Å²) in [6.07, 6.45) is 5.41. The predicted octanol–water partition coefficient (Wildman–Crippen LogP) is 2.79. The zero-order valence-electron chi connectivity index (χ0n) is 13.2. The Labute approximate surface area is 132 Å². The first kappa shape index (κ1) is 14.9. The molecule has 1 aromatic rings. The summed E-state index contributed by atoms with van der Waals surface area (Å²) >= 11 is 0. The summed E-state index contributed by atoms with van der Waals surface area (Å²) < 4.78 is 0. The molecule has 1 aliphatic carbocycles. The number of hydrogen-bond donors (Lipinski definition) is 0. The molecule has 1 amide bonds. The van der Waals surface area contributed by atoms with E-state index in [1.54, 1.807) is 0 Å². The van der Waals surface area contributed by atoms with Gasteiger partial charge in [-0.1, -0.05) is 6.42 Å². The van der Waals surface area contributed by atoms with E-state index < -0.39 is 0 Å². The van der Waals surface area contributed by atoms with Crippen LogP contribution in [-0.4, -0.2) is 37.0 Å². The van der Waals surface area contributed by atoms with Crippen LogP contribution >= 0.6 is 0 Å². The Kier molecular flexibility index (Phi) is 4.33. The SMILES string of the molecule is CN(C(=O)C1CCC1)C1CCN(c2ccc(C#N)cc2)CC1. The van der Waals surface area contributed by atoms with E-state index in [1.165, 1.54) is 12.1 Å². The number of piperidine rings is 1. The Morgan fingerprint density at radius 1 is 1.18 bits per heavy atom. The van der Waals surface area contributed by atoms with E-state index in [0.717, 1.165) is 38.8 Å². The average molecular weight is 297 g/mol. The highest BCUT2D eigenvalue weighted by atomic mass is 16.2. The van der Waals surface area contributed by atoms with Crippen LogP contribution in [0.25, 0.3) is 0 Å². The van der Waals surface area contributed by atoms with E-state index in [0.29, 0.717) is 23.4 Å². The smallest absolute Gasteiger partial charge is 0.225 e. The summed E-state index contributed by atoms with van der Waals surface area (Å²) in [4.78, 5) is 16.7. The van der Waals surface area contributed by atoms with E-state index in [4.69, 9.17) is 5.26 Å². The highest BCUT2D eigenvalue weighted by molar-refractivity contribution is 5.79. The number of benzene rings is 1. The molecule has 3 rings (SSSR count). The highest BCUT2D eigenvalue weighted by Gasteiger charge is 2.32. The third-order valence-electron chi connectivity index (χ3n) is 5.18. The van der Waals surface area contributed by atoms with Crippen molar-refractivity contribution in [1.82, 2.24) is 4.90 Å². The summed E-state index contributed by atoms with van der Waals surface area (Å²) in [6, 6.07) is 10.3. The third kappa shape index (κ3) is 2.94. The summed E-state index contributed by atoms with van der Waals surface area (Å²) in [5, 5.41) is 8.86. The quantitative estimate of drug-likeness (QED) is 0.862. The van der Waals surface area contributed by atoms with E-state index >= 15 is 0 Å². The molecular weight excluding hydrogens is 274 g/mol. The molecule has 1 heterocycles. The molecule has 0 radical (unpaired) electrons. The lowest BCUT2D eigenvalue weighted by Crippen LogP contribution is -2.48. The maximum Gasteiger partial charge on any atom is 0.225 e. The van der Waals surface area contributed by atoms with Gasteiger partial charge in [0.25, 0.3) is 0 Å². The molecule has 0 spiro atoms. The minimum atomic E-state index is 0.293. The number of hydrogen-bond acceptors (Lipinski definition) is 3. The minimum Gasteiger partial charge on any atom is -0.371 e. The van der Waals surface area contributed by atoms with E-state index in [9.17, 15) is 4.79 Å². The van der Waals surface area contributed by atoms with Crippen molar-refractivity contribution >= 4 is 11.6 Å². The molecule has 0 N–H and O–H groups in total. The van der Waals surface area contributed by atoms with Crippen LogP contribution in [0, 0.1) is 17.2 Å². The van der Waals surface area contributed by atoms with Crippen molar-refractivity contribution in [1.29, 1.82) is 5.26 Å². The fraction of sp³-hybridized carbons (Fsp3) is 0.556. The van der Waals surface area contributed by atoms with Gasteiger partial charge in [-0.15, -0.1) is 0 Å². The van der Waals surface area contributed by atoms with Gasteiger partial charge in [-0.25, -0.2) is 0 Å². The lowest BCUT2D eigenvalue weighted by Gasteiger charge is -2.40. The number of nitrogens with zero attached hydrogens (tertiary/aromatic N) is 3. The third-order valence-corrected chi connectivity index (χ3v) is 5.18. The largest absolute Gasteiger partial charge is 0.371 e. The van der Waals surface area contributed by atoms with Gasteiger partial charge < -0.3 is 9.80 Å². The second kappa shape index (κ2) is 6.39. The Morgan fingerprint density at radius 3 is 2.32 bits per heavy atom. The molecule has 1 aliphatic heterocycles. The Hall–Kier alpha value is -2.02. The van der Waals surface area contributed by atoms with Crippen LogP contribution in [0.15, 0.2) is 24.3 Å². The van der Waals surface area contributed by atoms with Gasteiger partial charge in [0.2, 0.25) is 5.91 Å². The van der Waals surface area contributed by atoms with Crippen molar-refractivity contribution in [2.24, 2.45) is 5.92 Å². The summed E-state index contributed by atoms with van der Waals surface area (Å²) in [5.41, 5.74) is 1.87. The first-order chi connectivity index (χ1) is 10.7. The zero-order valence-corrected chi connectivity index (χ0v) is 13.2. The maximum atomic E-state index is 12.3. The first-order valence-corrected chi connectivity index (χ1v) is 8.21. The molecule has 22 heavy (non-hydrogen) atoms. The van der Waals surface area contributed by atoms with Crippen molar-refractivity contribution in [3.8, 4) is 6.07 Å². The Balaban J connectivity index is 1.55. The number of anilines is 1. The number of nitriles is 1. The highest BCUT2D eigenvalue weighted by Crippen LogP contribution is 2.30. The van der Waals surface area contributed by atoms with Gasteiger partial charge in [0.05, 0.1) is 11.6 Å².